The first-order valence-electron chi connectivity index (χ1n) is 11.1. The van der Waals surface area contributed by atoms with E-state index < -0.39 is 0 Å². The van der Waals surface area contributed by atoms with Crippen LogP contribution in [-0.2, 0) is 17.9 Å². The molecule has 0 unspecified atom stereocenters. The number of carbonyl (C=O) groups excluding carboxylic acids is 2. The van der Waals surface area contributed by atoms with Gasteiger partial charge in [-0.3, -0.25) is 4.79 Å². The average molecular weight is 474 g/mol. The molecule has 9 nitrogen and oxygen atoms in total. The predicted molar refractivity (Wildman–Crippen MR) is 124 cm³/mol. The van der Waals surface area contributed by atoms with Gasteiger partial charge in [-0.15, -0.1) is 0 Å². The summed E-state index contributed by atoms with van der Waals surface area (Å²) in [5.74, 6) is 0.589. The number of aromatic nitrogens is 2. The van der Waals surface area contributed by atoms with E-state index >= 15 is 0 Å². The number of likely N-dealkylation sites (tertiary alicyclic amines) is 1. The van der Waals surface area contributed by atoms with Crippen LogP contribution in [0.5, 0.6) is 5.75 Å². The summed E-state index contributed by atoms with van der Waals surface area (Å²) in [6.45, 7) is 6.05. The van der Waals surface area contributed by atoms with Crippen LogP contribution < -0.4 is 10.1 Å². The molecular formula is C23H28ClN5O4. The first-order chi connectivity index (χ1) is 15.9. The van der Waals surface area contributed by atoms with Gasteiger partial charge in [-0.2, -0.15) is 0 Å². The summed E-state index contributed by atoms with van der Waals surface area (Å²) >= 11 is 6.37. The summed E-state index contributed by atoms with van der Waals surface area (Å²) < 4.78 is 10.6. The molecular weight excluding hydrogens is 446 g/mol. The number of benzene rings is 1. The fourth-order valence-electron chi connectivity index (χ4n) is 4.20. The van der Waals surface area contributed by atoms with Crippen LogP contribution in [0.1, 0.15) is 38.1 Å². The third kappa shape index (κ3) is 5.42. The summed E-state index contributed by atoms with van der Waals surface area (Å²) in [6, 6.07) is 7.23. The van der Waals surface area contributed by atoms with Crippen LogP contribution in [0.25, 0.3) is 10.9 Å². The van der Waals surface area contributed by atoms with Gasteiger partial charge in [0.2, 0.25) is 5.91 Å². The second-order valence-electron chi connectivity index (χ2n) is 8.15. The molecule has 0 saturated carbocycles. The number of urea groups is 1. The molecule has 1 fully saturated rings. The number of halogens is 1. The number of nitrogens with zero attached hydrogens (tertiary/aromatic N) is 3. The smallest absolute Gasteiger partial charge is 0.318 e. The van der Waals surface area contributed by atoms with E-state index in [1.54, 1.807) is 13.0 Å². The monoisotopic (exact) mass is 473 g/mol. The molecule has 1 atom stereocenters. The van der Waals surface area contributed by atoms with Gasteiger partial charge in [0.05, 0.1) is 17.6 Å². The van der Waals surface area contributed by atoms with Gasteiger partial charge < -0.3 is 29.4 Å². The fourth-order valence-corrected chi connectivity index (χ4v) is 4.42. The molecule has 1 saturated heterocycles. The number of H-pyrrole nitrogens is 1. The molecule has 4 rings (SSSR count). The molecule has 2 N–H and O–H groups in total. The van der Waals surface area contributed by atoms with Gasteiger partial charge in [0.25, 0.3) is 0 Å². The van der Waals surface area contributed by atoms with Crippen molar-refractivity contribution in [3.05, 3.63) is 46.9 Å². The van der Waals surface area contributed by atoms with Gasteiger partial charge in [0, 0.05) is 55.3 Å². The van der Waals surface area contributed by atoms with Crippen LogP contribution in [0, 0.1) is 0 Å². The van der Waals surface area contributed by atoms with Crippen LogP contribution >= 0.6 is 11.6 Å². The van der Waals surface area contributed by atoms with Gasteiger partial charge in [-0.1, -0.05) is 16.8 Å². The molecule has 3 heterocycles. The molecule has 3 aromatic rings. The van der Waals surface area contributed by atoms with Crippen molar-refractivity contribution in [1.29, 1.82) is 0 Å². The number of piperidine rings is 1. The Morgan fingerprint density at radius 2 is 2.24 bits per heavy atom. The topological polar surface area (TPSA) is 104 Å². The van der Waals surface area contributed by atoms with Crippen molar-refractivity contribution < 1.29 is 18.8 Å². The Hall–Kier alpha value is -3.20. The minimum absolute atomic E-state index is 0.0265. The van der Waals surface area contributed by atoms with Gasteiger partial charge >= 0.3 is 6.03 Å². The predicted octanol–water partition coefficient (Wildman–Crippen LogP) is 3.93. The van der Waals surface area contributed by atoms with E-state index in [0.717, 1.165) is 36.0 Å². The summed E-state index contributed by atoms with van der Waals surface area (Å²) in [5.41, 5.74) is 2.38. The first kappa shape index (κ1) is 23.0. The molecule has 1 aliphatic heterocycles. The van der Waals surface area contributed by atoms with Crippen molar-refractivity contribution in [1.82, 2.24) is 25.3 Å². The molecule has 33 heavy (non-hydrogen) atoms. The van der Waals surface area contributed by atoms with E-state index in [2.05, 4.69) is 15.5 Å². The van der Waals surface area contributed by atoms with E-state index in [0.29, 0.717) is 36.1 Å². The molecule has 3 amide bonds. The Balaban J connectivity index is 1.38. The molecule has 0 aliphatic carbocycles. The number of nitrogens with one attached hydrogen (secondary N) is 2. The van der Waals surface area contributed by atoms with Crippen LogP contribution in [0.2, 0.25) is 5.02 Å². The normalized spacial score (nSPS) is 16.1. The van der Waals surface area contributed by atoms with Crippen molar-refractivity contribution in [2.45, 2.75) is 45.9 Å². The minimum Gasteiger partial charge on any atom is -0.486 e. The second-order valence-corrected chi connectivity index (χ2v) is 8.56. The van der Waals surface area contributed by atoms with E-state index in [1.807, 2.05) is 34.9 Å². The Morgan fingerprint density at radius 1 is 1.39 bits per heavy atom. The third-order valence-corrected chi connectivity index (χ3v) is 6.21. The molecule has 0 bridgehead atoms. The zero-order valence-corrected chi connectivity index (χ0v) is 19.5. The highest BCUT2D eigenvalue weighted by Crippen LogP contribution is 2.31. The average Bonchev–Trinajstić information content (AvgIpc) is 3.46. The van der Waals surface area contributed by atoms with E-state index in [1.165, 1.54) is 6.26 Å². The second kappa shape index (κ2) is 10.2. The highest BCUT2D eigenvalue weighted by Gasteiger charge is 2.28. The Morgan fingerprint density at radius 3 is 2.97 bits per heavy atom. The van der Waals surface area contributed by atoms with E-state index in [9.17, 15) is 9.59 Å². The SMILES string of the molecule is CCN(C(=O)NCc1cc2cc(Cl)c(OCc3ccon3)cc2[nH]1)[C@@H]1CCCN(C(C)=O)C1. The number of likely N-dealkylation sites (N-methyl/N-ethyl adjacent to an activating group) is 1. The molecule has 1 aliphatic rings. The zero-order valence-electron chi connectivity index (χ0n) is 18.8. The number of rotatable bonds is 7. The number of carbonyl (C=O) groups is 2. The number of aromatic amines is 1. The lowest BCUT2D eigenvalue weighted by Crippen LogP contribution is -2.53. The maximum absolute atomic E-state index is 12.9. The van der Waals surface area contributed by atoms with Crippen LogP contribution in [-0.4, -0.2) is 57.6 Å². The third-order valence-electron chi connectivity index (χ3n) is 5.91. The Bertz CT molecular complexity index is 1110. The maximum atomic E-state index is 12.9. The van der Waals surface area contributed by atoms with E-state index in [-0.39, 0.29) is 24.6 Å². The van der Waals surface area contributed by atoms with Crippen molar-refractivity contribution in [3.63, 3.8) is 0 Å². The molecule has 0 radical (unpaired) electrons. The summed E-state index contributed by atoms with van der Waals surface area (Å²) in [4.78, 5) is 31.6. The van der Waals surface area contributed by atoms with Crippen LogP contribution in [0.15, 0.2) is 35.1 Å². The Kier molecular flexibility index (Phi) is 7.08. The highest BCUT2D eigenvalue weighted by molar-refractivity contribution is 6.32. The summed E-state index contributed by atoms with van der Waals surface area (Å²) in [7, 11) is 0. The van der Waals surface area contributed by atoms with Crippen molar-refractivity contribution in [2.75, 3.05) is 19.6 Å². The van der Waals surface area contributed by atoms with Gasteiger partial charge in [0.1, 0.15) is 24.3 Å². The van der Waals surface area contributed by atoms with Crippen molar-refractivity contribution in [3.8, 4) is 5.75 Å². The van der Waals surface area contributed by atoms with Crippen molar-refractivity contribution in [2.24, 2.45) is 0 Å². The molecule has 176 valence electrons. The zero-order chi connectivity index (χ0) is 23.4. The number of hydrogen-bond donors (Lipinski definition) is 2. The van der Waals surface area contributed by atoms with Gasteiger partial charge in [-0.25, -0.2) is 4.79 Å². The first-order valence-corrected chi connectivity index (χ1v) is 11.5. The number of fused-ring (bicyclic) bond motifs is 1. The van der Waals surface area contributed by atoms with Crippen molar-refractivity contribution >= 4 is 34.4 Å². The van der Waals surface area contributed by atoms with Crippen LogP contribution in [0.3, 0.4) is 0 Å². The molecule has 1 aromatic carbocycles. The fraction of sp³-hybridized carbons (Fsp3) is 0.435. The lowest BCUT2D eigenvalue weighted by Gasteiger charge is -2.38. The molecule has 10 heteroatoms. The number of amides is 3. The maximum Gasteiger partial charge on any atom is 0.318 e. The minimum atomic E-state index is -0.138. The van der Waals surface area contributed by atoms with Crippen LogP contribution in [0.4, 0.5) is 4.79 Å². The number of ether oxygens (including phenoxy) is 1. The van der Waals surface area contributed by atoms with E-state index in [4.69, 9.17) is 20.9 Å². The highest BCUT2D eigenvalue weighted by atomic mass is 35.5. The quantitative estimate of drug-likeness (QED) is 0.541. The lowest BCUT2D eigenvalue weighted by atomic mass is 10.0. The number of hydrogen-bond acceptors (Lipinski definition) is 5. The summed E-state index contributed by atoms with van der Waals surface area (Å²) in [6.07, 6.45) is 3.28. The molecule has 2 aromatic heterocycles. The van der Waals surface area contributed by atoms with Gasteiger partial charge in [0.15, 0.2) is 0 Å². The van der Waals surface area contributed by atoms with Gasteiger partial charge in [-0.05, 0) is 31.9 Å². The molecule has 0 spiro atoms. The standard InChI is InChI=1S/C23H28ClN5O4/c1-3-29(19-5-4-7-28(13-19)15(2)30)23(31)25-12-18-9-16-10-20(24)22(11-21(16)26-18)32-14-17-6-8-33-27-17/h6,8-11,19,26H,3-5,7,12-14H2,1-2H3,(H,25,31)/t19-/m1/s1. The summed E-state index contributed by atoms with van der Waals surface area (Å²) in [5, 5.41) is 8.23. The lowest BCUT2D eigenvalue weighted by molar-refractivity contribution is -0.130. The Labute approximate surface area is 197 Å². The largest absolute Gasteiger partial charge is 0.486 e.